The summed E-state index contributed by atoms with van der Waals surface area (Å²) in [4.78, 5) is 0. The molecule has 0 aromatic heterocycles. The number of hydrogen-bond acceptors (Lipinski definition) is 4. The van der Waals surface area contributed by atoms with Crippen LogP contribution in [0.5, 0.6) is 0 Å². The van der Waals surface area contributed by atoms with Gasteiger partial charge in [-0.3, -0.25) is 0 Å². The van der Waals surface area contributed by atoms with E-state index >= 15 is 0 Å². The Morgan fingerprint density at radius 2 is 0.688 bits per heavy atom. The highest BCUT2D eigenvalue weighted by Gasteiger charge is 1.94. The van der Waals surface area contributed by atoms with E-state index in [1.807, 2.05) is 0 Å². The lowest BCUT2D eigenvalue weighted by molar-refractivity contribution is 0.359. The minimum absolute atomic E-state index is 1.04. The minimum Gasteiger partial charge on any atom is -0.243 e. The fourth-order valence-electron chi connectivity index (χ4n) is 2.05. The van der Waals surface area contributed by atoms with Crippen LogP contribution in [0.1, 0.15) is 64.2 Å². The molecule has 0 atom stereocenters. The van der Waals surface area contributed by atoms with E-state index < -0.39 is 0 Å². The lowest BCUT2D eigenvalue weighted by Crippen LogP contribution is -2.51. The molecular weight excluding hydrogens is 200 g/mol. The Morgan fingerprint density at radius 1 is 0.375 bits per heavy atom. The summed E-state index contributed by atoms with van der Waals surface area (Å²) in [6, 6.07) is 0. The monoisotopic (exact) mass is 228 g/mol. The van der Waals surface area contributed by atoms with E-state index in [0.29, 0.717) is 0 Å². The van der Waals surface area contributed by atoms with Gasteiger partial charge in [-0.25, -0.2) is 10.9 Å². The average Bonchev–Trinajstić information content (AvgIpc) is 2.29. The van der Waals surface area contributed by atoms with Crippen molar-refractivity contribution in [2.75, 3.05) is 13.1 Å². The quantitative estimate of drug-likeness (QED) is 0.512. The lowest BCUT2D eigenvalue weighted by Gasteiger charge is -2.10. The molecule has 4 N–H and O–H groups in total. The maximum atomic E-state index is 3.14. The molecule has 1 aliphatic rings. The predicted molar refractivity (Wildman–Crippen MR) is 68.4 cm³/mol. The maximum absolute atomic E-state index is 3.14. The van der Waals surface area contributed by atoms with E-state index in [4.69, 9.17) is 0 Å². The molecule has 1 fully saturated rings. The average molecular weight is 228 g/mol. The van der Waals surface area contributed by atoms with Gasteiger partial charge in [-0.05, 0) is 12.8 Å². The molecule has 1 rings (SSSR count). The molecular formula is C12H28N4. The van der Waals surface area contributed by atoms with Crippen LogP contribution in [0.25, 0.3) is 0 Å². The van der Waals surface area contributed by atoms with E-state index in [1.54, 1.807) is 0 Å². The fraction of sp³-hybridized carbons (Fsp3) is 1.00. The summed E-state index contributed by atoms with van der Waals surface area (Å²) in [6.07, 6.45) is 13.7. The Bertz CT molecular complexity index is 77.0. The van der Waals surface area contributed by atoms with Crippen LogP contribution in [0.2, 0.25) is 0 Å². The van der Waals surface area contributed by atoms with Crippen molar-refractivity contribution >= 4 is 0 Å². The molecule has 0 aliphatic carbocycles. The van der Waals surface area contributed by atoms with Crippen LogP contribution in [0.15, 0.2) is 0 Å². The molecule has 96 valence electrons. The van der Waals surface area contributed by atoms with Crippen LogP contribution in [0.3, 0.4) is 0 Å². The van der Waals surface area contributed by atoms with Crippen LogP contribution >= 0.6 is 0 Å². The van der Waals surface area contributed by atoms with Gasteiger partial charge in [-0.1, -0.05) is 51.4 Å². The summed E-state index contributed by atoms with van der Waals surface area (Å²) in [6.45, 7) is 2.07. The van der Waals surface area contributed by atoms with Crippen LogP contribution in [-0.2, 0) is 0 Å². The molecule has 0 saturated carbocycles. The van der Waals surface area contributed by atoms with Gasteiger partial charge in [-0.15, -0.1) is 0 Å². The second kappa shape index (κ2) is 11.3. The molecule has 0 amide bonds. The smallest absolute Gasteiger partial charge is 0.0113 e. The zero-order chi connectivity index (χ0) is 11.3. The normalized spacial score (nSPS) is 24.0. The first-order valence-corrected chi connectivity index (χ1v) is 6.96. The summed E-state index contributed by atoms with van der Waals surface area (Å²) in [5, 5.41) is 0. The molecule has 0 spiro atoms. The molecule has 1 aliphatic heterocycles. The van der Waals surface area contributed by atoms with Crippen LogP contribution in [0, 0.1) is 0 Å². The minimum atomic E-state index is 1.04. The van der Waals surface area contributed by atoms with E-state index in [1.165, 1.54) is 64.2 Å². The van der Waals surface area contributed by atoms with Gasteiger partial charge in [0.1, 0.15) is 0 Å². The van der Waals surface area contributed by atoms with Crippen molar-refractivity contribution in [1.82, 2.24) is 21.9 Å². The molecule has 4 heteroatoms. The van der Waals surface area contributed by atoms with E-state index in [2.05, 4.69) is 21.9 Å². The maximum Gasteiger partial charge on any atom is 0.0113 e. The van der Waals surface area contributed by atoms with Crippen molar-refractivity contribution in [1.29, 1.82) is 0 Å². The summed E-state index contributed by atoms with van der Waals surface area (Å²) in [5.74, 6) is 0. The lowest BCUT2D eigenvalue weighted by atomic mass is 10.1. The zero-order valence-corrected chi connectivity index (χ0v) is 10.5. The molecule has 4 nitrogen and oxygen atoms in total. The fourth-order valence-corrected chi connectivity index (χ4v) is 2.05. The Balaban J connectivity index is 2.00. The topological polar surface area (TPSA) is 48.1 Å². The van der Waals surface area contributed by atoms with Gasteiger partial charge in [-0.2, -0.15) is 11.1 Å². The van der Waals surface area contributed by atoms with Gasteiger partial charge in [0.2, 0.25) is 0 Å². The molecule has 0 unspecified atom stereocenters. The molecule has 1 heterocycles. The van der Waals surface area contributed by atoms with Crippen LogP contribution in [-0.4, -0.2) is 13.1 Å². The Kier molecular flexibility index (Phi) is 9.84. The van der Waals surface area contributed by atoms with E-state index in [0.717, 1.165) is 13.1 Å². The van der Waals surface area contributed by atoms with Crippen LogP contribution in [0.4, 0.5) is 0 Å². The van der Waals surface area contributed by atoms with Crippen molar-refractivity contribution in [2.45, 2.75) is 64.2 Å². The van der Waals surface area contributed by atoms with Crippen LogP contribution < -0.4 is 21.9 Å². The highest BCUT2D eigenvalue weighted by molar-refractivity contribution is 4.50. The van der Waals surface area contributed by atoms with Crippen molar-refractivity contribution in [3.05, 3.63) is 0 Å². The second-order valence-electron chi connectivity index (χ2n) is 4.64. The first kappa shape index (κ1) is 13.9. The number of hydrazine groups is 3. The largest absolute Gasteiger partial charge is 0.243 e. The molecule has 0 aromatic rings. The van der Waals surface area contributed by atoms with E-state index in [9.17, 15) is 0 Å². The molecule has 0 aromatic carbocycles. The first-order valence-electron chi connectivity index (χ1n) is 6.96. The second-order valence-corrected chi connectivity index (χ2v) is 4.64. The van der Waals surface area contributed by atoms with Gasteiger partial charge >= 0.3 is 0 Å². The van der Waals surface area contributed by atoms with Gasteiger partial charge in [0, 0.05) is 13.1 Å². The number of nitrogens with one attached hydrogen (secondary N) is 4. The number of rotatable bonds is 0. The summed E-state index contributed by atoms with van der Waals surface area (Å²) >= 11 is 0. The summed E-state index contributed by atoms with van der Waals surface area (Å²) in [5.41, 5.74) is 12.2. The van der Waals surface area contributed by atoms with E-state index in [-0.39, 0.29) is 0 Å². The van der Waals surface area contributed by atoms with Crippen molar-refractivity contribution in [2.24, 2.45) is 0 Å². The molecule has 0 bridgehead atoms. The third-order valence-corrected chi connectivity index (χ3v) is 3.09. The SMILES string of the molecule is C1CCCCCCNNNNCCCCC1. The molecule has 1 saturated heterocycles. The highest BCUT2D eigenvalue weighted by Crippen LogP contribution is 2.10. The molecule has 16 heavy (non-hydrogen) atoms. The third kappa shape index (κ3) is 9.09. The highest BCUT2D eigenvalue weighted by atomic mass is 15.7. The Labute approximate surface area is 99.9 Å². The van der Waals surface area contributed by atoms with Crippen molar-refractivity contribution in [3.8, 4) is 0 Å². The third-order valence-electron chi connectivity index (χ3n) is 3.09. The standard InChI is InChI=1S/C12H28N4/c1-2-4-6-8-10-12-14-16-15-13-11-9-7-5-3-1/h13-16H,1-12H2. The summed E-state index contributed by atoms with van der Waals surface area (Å²) < 4.78 is 0. The van der Waals surface area contributed by atoms with Crippen molar-refractivity contribution < 1.29 is 0 Å². The van der Waals surface area contributed by atoms with Crippen molar-refractivity contribution in [3.63, 3.8) is 0 Å². The number of hydrogen-bond donors (Lipinski definition) is 4. The van der Waals surface area contributed by atoms with Gasteiger partial charge in [0.15, 0.2) is 0 Å². The summed E-state index contributed by atoms with van der Waals surface area (Å²) in [7, 11) is 0. The molecule has 0 radical (unpaired) electrons. The predicted octanol–water partition coefficient (Wildman–Crippen LogP) is 2.00. The van der Waals surface area contributed by atoms with Gasteiger partial charge < -0.3 is 0 Å². The van der Waals surface area contributed by atoms with Gasteiger partial charge in [0.25, 0.3) is 0 Å². The Morgan fingerprint density at radius 3 is 1.06 bits per heavy atom. The Hall–Kier alpha value is -0.160. The first-order chi connectivity index (χ1) is 8.00. The zero-order valence-electron chi connectivity index (χ0n) is 10.5. The van der Waals surface area contributed by atoms with Gasteiger partial charge in [0.05, 0.1) is 0 Å².